The van der Waals surface area contributed by atoms with Crippen molar-refractivity contribution in [2.45, 2.75) is 33.2 Å². The Balaban J connectivity index is 2.73. The standard InChI is InChI=1S/C14H22N2O3/c1-4-7-19-13-8-10(2)5-6-12(13)16-14(18)15-11(3)9-17/h5-6,8,11,17H,4,7,9H2,1-3H3,(H2,15,16,18). The molecule has 5 nitrogen and oxygen atoms in total. The van der Waals surface area contributed by atoms with Gasteiger partial charge in [0.1, 0.15) is 5.75 Å². The van der Waals surface area contributed by atoms with Crippen LogP contribution < -0.4 is 15.4 Å². The fourth-order valence-corrected chi connectivity index (χ4v) is 1.49. The molecule has 0 aliphatic carbocycles. The number of nitrogens with one attached hydrogen (secondary N) is 2. The monoisotopic (exact) mass is 266 g/mol. The van der Waals surface area contributed by atoms with E-state index in [9.17, 15) is 4.79 Å². The van der Waals surface area contributed by atoms with Crippen molar-refractivity contribution in [2.24, 2.45) is 0 Å². The summed E-state index contributed by atoms with van der Waals surface area (Å²) in [6.07, 6.45) is 0.904. The van der Waals surface area contributed by atoms with Gasteiger partial charge in [-0.05, 0) is 38.0 Å². The minimum absolute atomic E-state index is 0.0967. The Hall–Kier alpha value is -1.75. The first-order chi connectivity index (χ1) is 9.06. The number of anilines is 1. The molecule has 0 saturated carbocycles. The summed E-state index contributed by atoms with van der Waals surface area (Å²) >= 11 is 0. The van der Waals surface area contributed by atoms with Gasteiger partial charge in [0.15, 0.2) is 0 Å². The number of aryl methyl sites for hydroxylation is 1. The molecule has 2 amide bonds. The highest BCUT2D eigenvalue weighted by atomic mass is 16.5. The lowest BCUT2D eigenvalue weighted by molar-refractivity contribution is 0.229. The van der Waals surface area contributed by atoms with Crippen molar-refractivity contribution in [1.29, 1.82) is 0 Å². The van der Waals surface area contributed by atoms with Crippen molar-refractivity contribution in [2.75, 3.05) is 18.5 Å². The molecule has 1 aromatic carbocycles. The van der Waals surface area contributed by atoms with E-state index in [1.807, 2.05) is 32.0 Å². The van der Waals surface area contributed by atoms with Crippen LogP contribution in [0.1, 0.15) is 25.8 Å². The number of aliphatic hydroxyl groups is 1. The fourth-order valence-electron chi connectivity index (χ4n) is 1.49. The molecule has 0 aliphatic heterocycles. The van der Waals surface area contributed by atoms with Crippen molar-refractivity contribution >= 4 is 11.7 Å². The van der Waals surface area contributed by atoms with E-state index in [2.05, 4.69) is 10.6 Å². The first-order valence-electron chi connectivity index (χ1n) is 6.48. The minimum Gasteiger partial charge on any atom is -0.491 e. The Morgan fingerprint density at radius 3 is 2.84 bits per heavy atom. The molecule has 0 fully saturated rings. The number of aliphatic hydroxyl groups excluding tert-OH is 1. The highest BCUT2D eigenvalue weighted by Crippen LogP contribution is 2.25. The summed E-state index contributed by atoms with van der Waals surface area (Å²) in [5.74, 6) is 0.661. The van der Waals surface area contributed by atoms with Crippen molar-refractivity contribution < 1.29 is 14.6 Å². The normalized spacial score (nSPS) is 11.8. The molecule has 0 aliphatic rings. The van der Waals surface area contributed by atoms with Gasteiger partial charge in [0.25, 0.3) is 0 Å². The lowest BCUT2D eigenvalue weighted by Gasteiger charge is -2.15. The van der Waals surface area contributed by atoms with E-state index in [0.717, 1.165) is 12.0 Å². The molecule has 1 unspecified atom stereocenters. The molecule has 0 aromatic heterocycles. The summed E-state index contributed by atoms with van der Waals surface area (Å²) in [5, 5.41) is 14.2. The molecule has 0 spiro atoms. The van der Waals surface area contributed by atoms with Gasteiger partial charge in [-0.1, -0.05) is 13.0 Å². The molecule has 1 atom stereocenters. The van der Waals surface area contributed by atoms with Gasteiger partial charge in [-0.3, -0.25) is 0 Å². The predicted octanol–water partition coefficient (Wildman–Crippen LogP) is 2.29. The highest BCUT2D eigenvalue weighted by molar-refractivity contribution is 5.91. The van der Waals surface area contributed by atoms with Gasteiger partial charge in [-0.15, -0.1) is 0 Å². The van der Waals surface area contributed by atoms with Crippen LogP contribution >= 0.6 is 0 Å². The average Bonchev–Trinajstić information content (AvgIpc) is 2.38. The van der Waals surface area contributed by atoms with Crippen LogP contribution in [0.5, 0.6) is 5.75 Å². The largest absolute Gasteiger partial charge is 0.491 e. The first kappa shape index (κ1) is 15.3. The maximum atomic E-state index is 11.7. The number of benzene rings is 1. The van der Waals surface area contributed by atoms with Crippen LogP contribution in [0.2, 0.25) is 0 Å². The molecular weight excluding hydrogens is 244 g/mol. The van der Waals surface area contributed by atoms with Gasteiger partial charge >= 0.3 is 6.03 Å². The summed E-state index contributed by atoms with van der Waals surface area (Å²) < 4.78 is 5.61. The molecule has 0 radical (unpaired) electrons. The molecule has 0 saturated heterocycles. The quantitative estimate of drug-likeness (QED) is 0.740. The van der Waals surface area contributed by atoms with Crippen molar-refractivity contribution in [3.8, 4) is 5.75 Å². The van der Waals surface area contributed by atoms with Gasteiger partial charge in [0, 0.05) is 0 Å². The number of amides is 2. The Kier molecular flexibility index (Phi) is 6.15. The third-order valence-corrected chi connectivity index (χ3v) is 2.50. The van der Waals surface area contributed by atoms with E-state index in [-0.39, 0.29) is 18.7 Å². The van der Waals surface area contributed by atoms with Gasteiger partial charge in [-0.2, -0.15) is 0 Å². The molecule has 3 N–H and O–H groups in total. The van der Waals surface area contributed by atoms with E-state index in [1.54, 1.807) is 6.92 Å². The topological polar surface area (TPSA) is 70.6 Å². The van der Waals surface area contributed by atoms with E-state index >= 15 is 0 Å². The molecule has 0 heterocycles. The van der Waals surface area contributed by atoms with E-state index in [0.29, 0.717) is 18.0 Å². The number of urea groups is 1. The molecule has 1 rings (SSSR count). The number of carbonyl (C=O) groups excluding carboxylic acids is 1. The zero-order chi connectivity index (χ0) is 14.3. The second kappa shape index (κ2) is 7.63. The third kappa shape index (κ3) is 5.18. The molecule has 1 aromatic rings. The Bertz CT molecular complexity index is 421. The number of hydrogen-bond donors (Lipinski definition) is 3. The Labute approximate surface area is 114 Å². The molecular formula is C14H22N2O3. The molecule has 0 bridgehead atoms. The number of rotatable bonds is 6. The summed E-state index contributed by atoms with van der Waals surface area (Å²) in [6, 6.07) is 4.96. The van der Waals surface area contributed by atoms with Crippen molar-refractivity contribution in [1.82, 2.24) is 5.32 Å². The first-order valence-corrected chi connectivity index (χ1v) is 6.48. The lowest BCUT2D eigenvalue weighted by Crippen LogP contribution is -2.38. The Morgan fingerprint density at radius 1 is 1.47 bits per heavy atom. The van der Waals surface area contributed by atoms with Crippen LogP contribution in [0.3, 0.4) is 0 Å². The maximum absolute atomic E-state index is 11.7. The zero-order valence-electron chi connectivity index (χ0n) is 11.7. The maximum Gasteiger partial charge on any atom is 0.319 e. The summed E-state index contributed by atoms with van der Waals surface area (Å²) in [7, 11) is 0. The van der Waals surface area contributed by atoms with E-state index in [1.165, 1.54) is 0 Å². The second-order valence-electron chi connectivity index (χ2n) is 4.53. The van der Waals surface area contributed by atoms with Crippen LogP contribution in [0.4, 0.5) is 10.5 Å². The van der Waals surface area contributed by atoms with Crippen LogP contribution in [0.15, 0.2) is 18.2 Å². The summed E-state index contributed by atoms with van der Waals surface area (Å²) in [4.78, 5) is 11.7. The third-order valence-electron chi connectivity index (χ3n) is 2.50. The molecule has 106 valence electrons. The second-order valence-corrected chi connectivity index (χ2v) is 4.53. The SMILES string of the molecule is CCCOc1cc(C)ccc1NC(=O)NC(C)CO. The smallest absolute Gasteiger partial charge is 0.319 e. The zero-order valence-corrected chi connectivity index (χ0v) is 11.7. The number of ether oxygens (including phenoxy) is 1. The lowest BCUT2D eigenvalue weighted by atomic mass is 10.2. The molecule has 5 heteroatoms. The summed E-state index contributed by atoms with van der Waals surface area (Å²) in [6.45, 7) is 6.23. The average molecular weight is 266 g/mol. The van der Waals surface area contributed by atoms with Gasteiger partial charge in [0.2, 0.25) is 0 Å². The minimum atomic E-state index is -0.355. The summed E-state index contributed by atoms with van der Waals surface area (Å²) in [5.41, 5.74) is 1.70. The van der Waals surface area contributed by atoms with Crippen LogP contribution in [0, 0.1) is 6.92 Å². The highest BCUT2D eigenvalue weighted by Gasteiger charge is 2.10. The molecule has 19 heavy (non-hydrogen) atoms. The van der Waals surface area contributed by atoms with Crippen molar-refractivity contribution in [3.63, 3.8) is 0 Å². The van der Waals surface area contributed by atoms with E-state index in [4.69, 9.17) is 9.84 Å². The Morgan fingerprint density at radius 2 is 2.21 bits per heavy atom. The van der Waals surface area contributed by atoms with Crippen LogP contribution in [-0.2, 0) is 0 Å². The predicted molar refractivity (Wildman–Crippen MR) is 75.7 cm³/mol. The number of carbonyl (C=O) groups is 1. The van der Waals surface area contributed by atoms with Crippen LogP contribution in [-0.4, -0.2) is 30.4 Å². The fraction of sp³-hybridized carbons (Fsp3) is 0.500. The number of hydrogen-bond acceptors (Lipinski definition) is 3. The van der Waals surface area contributed by atoms with Gasteiger partial charge in [-0.25, -0.2) is 4.79 Å². The van der Waals surface area contributed by atoms with Gasteiger partial charge in [0.05, 0.1) is 24.9 Å². The van der Waals surface area contributed by atoms with Gasteiger partial charge < -0.3 is 20.5 Å². The van der Waals surface area contributed by atoms with E-state index < -0.39 is 0 Å². The van der Waals surface area contributed by atoms with Crippen LogP contribution in [0.25, 0.3) is 0 Å². The van der Waals surface area contributed by atoms with Crippen molar-refractivity contribution in [3.05, 3.63) is 23.8 Å².